The monoisotopic (exact) mass is 603 g/mol. The molecule has 0 bridgehead atoms. The van der Waals surface area contributed by atoms with E-state index in [4.69, 9.17) is 0 Å². The van der Waals surface area contributed by atoms with Crippen LogP contribution in [0, 0.1) is 34.9 Å². The molecule has 3 amide bonds. The number of benzene rings is 3. The molecule has 1 atom stereocenters. The van der Waals surface area contributed by atoms with Gasteiger partial charge in [0.1, 0.15) is 17.4 Å². The van der Waals surface area contributed by atoms with Gasteiger partial charge >= 0.3 is 0 Å². The van der Waals surface area contributed by atoms with Gasteiger partial charge in [0.05, 0.1) is 35.0 Å². The van der Waals surface area contributed by atoms with Crippen molar-refractivity contribution in [3.05, 3.63) is 83.9 Å². The third-order valence-corrected chi connectivity index (χ3v) is 8.17. The number of halogens is 1. The summed E-state index contributed by atoms with van der Waals surface area (Å²) >= 11 is 0. The number of hydrogen-bond donors (Lipinski definition) is 3. The first kappa shape index (κ1) is 29.4. The fourth-order valence-electron chi connectivity index (χ4n) is 5.42. The van der Waals surface area contributed by atoms with Crippen LogP contribution in [0.25, 0.3) is 10.8 Å². The number of carbonyl (C=O) groups is 3. The zero-order valence-corrected chi connectivity index (χ0v) is 24.7. The number of anilines is 3. The number of nitrogens with zero attached hydrogens (tertiary/aromatic N) is 4. The van der Waals surface area contributed by atoms with E-state index in [-0.39, 0.29) is 24.2 Å². The molecule has 11 heteroatoms. The summed E-state index contributed by atoms with van der Waals surface area (Å²) < 4.78 is 16.5. The van der Waals surface area contributed by atoms with Crippen LogP contribution in [-0.4, -0.2) is 46.6 Å². The summed E-state index contributed by atoms with van der Waals surface area (Å²) in [6, 6.07) is 17.2. The van der Waals surface area contributed by atoms with Crippen molar-refractivity contribution in [1.82, 2.24) is 15.1 Å². The highest BCUT2D eigenvalue weighted by Crippen LogP contribution is 2.30. The molecule has 6 rings (SSSR count). The smallest absolute Gasteiger partial charge is 0.251 e. The highest BCUT2D eigenvalue weighted by Gasteiger charge is 2.32. The van der Waals surface area contributed by atoms with Crippen LogP contribution >= 0.6 is 0 Å². The Labute approximate surface area is 259 Å². The molecule has 0 aliphatic carbocycles. The quantitative estimate of drug-likeness (QED) is 0.223. The number of imide groups is 1. The van der Waals surface area contributed by atoms with Crippen LogP contribution in [0.1, 0.15) is 37.8 Å². The molecule has 10 nitrogen and oxygen atoms in total. The van der Waals surface area contributed by atoms with Gasteiger partial charge in [-0.25, -0.2) is 4.39 Å². The van der Waals surface area contributed by atoms with E-state index >= 15 is 0 Å². The molecule has 2 aliphatic heterocycles. The minimum atomic E-state index is -1.03. The van der Waals surface area contributed by atoms with E-state index in [0.717, 1.165) is 10.8 Å². The summed E-state index contributed by atoms with van der Waals surface area (Å²) in [6.07, 6.45) is 3.95. The Bertz CT molecular complexity index is 1940. The van der Waals surface area contributed by atoms with E-state index in [1.807, 2.05) is 29.2 Å². The molecule has 3 aromatic carbocycles. The average Bonchev–Trinajstić information content (AvgIpc) is 3.49. The predicted molar refractivity (Wildman–Crippen MR) is 168 cm³/mol. The second-order valence-electron chi connectivity index (χ2n) is 11.7. The molecule has 226 valence electrons. The number of hydrogen-bond acceptors (Lipinski definition) is 7. The molecule has 3 N–H and O–H groups in total. The van der Waals surface area contributed by atoms with Crippen molar-refractivity contribution in [2.24, 2.45) is 5.92 Å². The molecule has 2 fully saturated rings. The molecule has 45 heavy (non-hydrogen) atoms. The number of amides is 3. The fraction of sp³-hybridized carbons (Fsp3) is 0.265. The molecule has 2 saturated heterocycles. The summed E-state index contributed by atoms with van der Waals surface area (Å²) in [6.45, 7) is 4.65. The Hall–Kier alpha value is -5.68. The first-order valence-electron chi connectivity index (χ1n) is 14.6. The van der Waals surface area contributed by atoms with E-state index in [2.05, 4.69) is 39.0 Å². The van der Waals surface area contributed by atoms with E-state index in [0.29, 0.717) is 47.7 Å². The minimum Gasteiger partial charge on any atom is -0.374 e. The standard InChI is InChI=1S/C34H30FN7O3/c1-34(2,33(45)39-28-11-9-23(16-36)25-5-3-4-6-26(25)28)42-20-21(17-37-42)7-8-22-18-41(19-22)30-13-10-24(15-27(30)35)38-29-12-14-31(43)40-32(29)44/h3-6,9-11,13,15,17,20,22,29,38H,12,14,18-19H2,1-2H3,(H,39,45)(H,40,43,44). The van der Waals surface area contributed by atoms with Crippen molar-refractivity contribution in [2.45, 2.75) is 38.3 Å². The highest BCUT2D eigenvalue weighted by molar-refractivity contribution is 6.06. The Balaban J connectivity index is 1.06. The normalized spacial score (nSPS) is 16.7. The molecular weight excluding hydrogens is 573 g/mol. The van der Waals surface area contributed by atoms with Gasteiger partial charge in [-0.05, 0) is 50.6 Å². The maximum Gasteiger partial charge on any atom is 0.251 e. The van der Waals surface area contributed by atoms with Crippen LogP contribution < -0.4 is 20.9 Å². The first-order chi connectivity index (χ1) is 21.6. The van der Waals surface area contributed by atoms with Gasteiger partial charge in [-0.2, -0.15) is 10.4 Å². The fourth-order valence-corrected chi connectivity index (χ4v) is 5.42. The van der Waals surface area contributed by atoms with Gasteiger partial charge < -0.3 is 15.5 Å². The van der Waals surface area contributed by atoms with Crippen molar-refractivity contribution < 1.29 is 18.8 Å². The number of aromatic nitrogens is 2. The highest BCUT2D eigenvalue weighted by atomic mass is 19.1. The number of nitriles is 1. The third-order valence-electron chi connectivity index (χ3n) is 8.17. The molecule has 1 aromatic heterocycles. The number of fused-ring (bicyclic) bond motifs is 1. The lowest BCUT2D eigenvalue weighted by molar-refractivity contribution is -0.133. The van der Waals surface area contributed by atoms with Crippen molar-refractivity contribution >= 4 is 45.6 Å². The summed E-state index contributed by atoms with van der Waals surface area (Å²) in [5.41, 5.74) is 1.71. The summed E-state index contributed by atoms with van der Waals surface area (Å²) in [5, 5.41) is 23.6. The van der Waals surface area contributed by atoms with Crippen LogP contribution in [0.2, 0.25) is 0 Å². The van der Waals surface area contributed by atoms with E-state index in [1.165, 1.54) is 6.07 Å². The lowest BCUT2D eigenvalue weighted by atomic mass is 9.99. The number of carbonyl (C=O) groups excluding carboxylic acids is 3. The van der Waals surface area contributed by atoms with Crippen LogP contribution in [-0.2, 0) is 19.9 Å². The summed E-state index contributed by atoms with van der Waals surface area (Å²) in [4.78, 5) is 38.6. The van der Waals surface area contributed by atoms with E-state index < -0.39 is 23.3 Å². The summed E-state index contributed by atoms with van der Waals surface area (Å²) in [7, 11) is 0. The largest absolute Gasteiger partial charge is 0.374 e. The van der Waals surface area contributed by atoms with Crippen molar-refractivity contribution in [3.63, 3.8) is 0 Å². The lowest BCUT2D eigenvalue weighted by Gasteiger charge is -2.38. The second-order valence-corrected chi connectivity index (χ2v) is 11.7. The van der Waals surface area contributed by atoms with Crippen LogP contribution in [0.5, 0.6) is 0 Å². The maximum atomic E-state index is 14.9. The van der Waals surface area contributed by atoms with Gasteiger partial charge in [-0.3, -0.25) is 24.4 Å². The zero-order chi connectivity index (χ0) is 31.7. The predicted octanol–water partition coefficient (Wildman–Crippen LogP) is 4.13. The SMILES string of the molecule is CC(C)(C(=O)Nc1ccc(C#N)c2ccccc12)n1cc(C#CC2CN(c3ccc(NC4CCC(=O)NC4=O)cc3F)C2)cn1. The van der Waals surface area contributed by atoms with Gasteiger partial charge in [0.15, 0.2) is 0 Å². The first-order valence-corrected chi connectivity index (χ1v) is 14.6. The van der Waals surface area contributed by atoms with Gasteiger partial charge in [-0.1, -0.05) is 36.1 Å². The Morgan fingerprint density at radius 3 is 2.62 bits per heavy atom. The van der Waals surface area contributed by atoms with E-state index in [9.17, 15) is 24.0 Å². The zero-order valence-electron chi connectivity index (χ0n) is 24.7. The van der Waals surface area contributed by atoms with Crippen LogP contribution in [0.3, 0.4) is 0 Å². The minimum absolute atomic E-state index is 0.0370. The lowest BCUT2D eigenvalue weighted by Crippen LogP contribution is -2.47. The van der Waals surface area contributed by atoms with Crippen LogP contribution in [0.15, 0.2) is 67.0 Å². The van der Waals surface area contributed by atoms with Gasteiger partial charge in [0, 0.05) is 47.9 Å². The van der Waals surface area contributed by atoms with Gasteiger partial charge in [0.2, 0.25) is 11.8 Å². The molecule has 3 heterocycles. The molecule has 4 aromatic rings. The van der Waals surface area contributed by atoms with Gasteiger partial charge in [0.25, 0.3) is 5.91 Å². The van der Waals surface area contributed by atoms with Gasteiger partial charge in [-0.15, -0.1) is 0 Å². The topological polar surface area (TPSA) is 132 Å². The van der Waals surface area contributed by atoms with Crippen molar-refractivity contribution in [1.29, 1.82) is 5.26 Å². The molecule has 0 spiro atoms. The molecule has 1 unspecified atom stereocenters. The van der Waals surface area contributed by atoms with Crippen molar-refractivity contribution in [3.8, 4) is 17.9 Å². The molecule has 2 aliphatic rings. The van der Waals surface area contributed by atoms with Crippen LogP contribution in [0.4, 0.5) is 21.5 Å². The number of nitrogens with one attached hydrogen (secondary N) is 3. The summed E-state index contributed by atoms with van der Waals surface area (Å²) in [5.74, 6) is 4.99. The Morgan fingerprint density at radius 1 is 1.11 bits per heavy atom. The molecule has 0 saturated carbocycles. The molecule has 0 radical (unpaired) electrons. The molecular formula is C34H30FN7O3. The number of rotatable bonds is 6. The second kappa shape index (κ2) is 11.8. The maximum absolute atomic E-state index is 14.9. The third kappa shape index (κ3) is 5.93. The Kier molecular flexibility index (Phi) is 7.69. The number of piperidine rings is 1. The average molecular weight is 604 g/mol. The van der Waals surface area contributed by atoms with E-state index in [1.54, 1.807) is 55.2 Å². The van der Waals surface area contributed by atoms with Crippen molar-refractivity contribution in [2.75, 3.05) is 28.6 Å². The Morgan fingerprint density at radius 2 is 1.89 bits per heavy atom.